The molecule has 19 heavy (non-hydrogen) atoms. The Kier molecular flexibility index (Phi) is 3.22. The van der Waals surface area contributed by atoms with Crippen molar-refractivity contribution in [3.8, 4) is 0 Å². The molecule has 0 aliphatic heterocycles. The molecule has 0 radical (unpaired) electrons. The number of hydrogen-bond acceptors (Lipinski definition) is 5. The number of aromatic nitrogens is 4. The van der Waals surface area contributed by atoms with Gasteiger partial charge in [0.1, 0.15) is 12.4 Å². The molecule has 1 fully saturated rings. The van der Waals surface area contributed by atoms with Gasteiger partial charge in [-0.25, -0.2) is 14.6 Å². The Morgan fingerprint density at radius 2 is 2.11 bits per heavy atom. The second-order valence-electron chi connectivity index (χ2n) is 4.73. The van der Waals surface area contributed by atoms with Crippen molar-refractivity contribution < 1.29 is 0 Å². The first-order valence-electron chi connectivity index (χ1n) is 6.38. The van der Waals surface area contributed by atoms with Crippen molar-refractivity contribution in [1.82, 2.24) is 19.7 Å². The van der Waals surface area contributed by atoms with Crippen LogP contribution in [-0.2, 0) is 6.54 Å². The molecule has 0 atom stereocenters. The number of rotatable bonds is 5. The summed E-state index contributed by atoms with van der Waals surface area (Å²) in [6.07, 6.45) is 7.54. The highest BCUT2D eigenvalue weighted by molar-refractivity contribution is 5.39. The average Bonchev–Trinajstić information content (AvgIpc) is 3.25. The molecule has 6 nitrogen and oxygen atoms in total. The van der Waals surface area contributed by atoms with E-state index in [9.17, 15) is 4.79 Å². The molecule has 1 aliphatic carbocycles. The maximum atomic E-state index is 11.9. The monoisotopic (exact) mass is 257 g/mol. The van der Waals surface area contributed by atoms with Gasteiger partial charge in [0.15, 0.2) is 0 Å². The summed E-state index contributed by atoms with van der Waals surface area (Å²) >= 11 is 0. The van der Waals surface area contributed by atoms with Crippen molar-refractivity contribution >= 4 is 5.69 Å². The molecule has 2 aromatic heterocycles. The summed E-state index contributed by atoms with van der Waals surface area (Å²) in [6.45, 7) is 1.22. The van der Waals surface area contributed by atoms with Crippen molar-refractivity contribution in [3.63, 3.8) is 0 Å². The molecule has 6 heteroatoms. The van der Waals surface area contributed by atoms with E-state index < -0.39 is 0 Å². The van der Waals surface area contributed by atoms with Crippen LogP contribution in [-0.4, -0.2) is 26.3 Å². The minimum Gasteiger partial charge on any atom is -0.383 e. The van der Waals surface area contributed by atoms with E-state index >= 15 is 0 Å². The molecule has 1 N–H and O–H groups in total. The molecule has 0 saturated heterocycles. The van der Waals surface area contributed by atoms with Crippen LogP contribution in [0.25, 0.3) is 0 Å². The highest BCUT2D eigenvalue weighted by Gasteiger charge is 2.20. The van der Waals surface area contributed by atoms with Crippen LogP contribution in [0.2, 0.25) is 0 Å². The normalized spacial score (nSPS) is 14.3. The molecule has 1 aliphatic rings. The van der Waals surface area contributed by atoms with Crippen LogP contribution in [0.15, 0.2) is 35.5 Å². The van der Waals surface area contributed by atoms with Gasteiger partial charge in [-0.05, 0) is 24.8 Å². The predicted octanol–water partition coefficient (Wildman–Crippen LogP) is 0.903. The number of nitrogens with one attached hydrogen (secondary N) is 1. The van der Waals surface area contributed by atoms with Crippen molar-refractivity contribution in [2.45, 2.75) is 19.4 Å². The first-order chi connectivity index (χ1) is 9.31. The topological polar surface area (TPSA) is 72.7 Å². The van der Waals surface area contributed by atoms with Crippen molar-refractivity contribution in [2.24, 2.45) is 5.92 Å². The molecule has 0 spiro atoms. The summed E-state index contributed by atoms with van der Waals surface area (Å²) < 4.78 is 1.36. The van der Waals surface area contributed by atoms with Gasteiger partial charge in [0, 0.05) is 25.0 Å². The Labute approximate surface area is 110 Å². The standard InChI is InChI=1S/C13H15N5O/c19-13-6-11(16-7-10-2-3-10)8-17-18(13)9-12-14-4-1-5-15-12/h1,4-6,8,10,16H,2-3,7,9H2. The van der Waals surface area contributed by atoms with E-state index in [2.05, 4.69) is 20.4 Å². The Balaban J connectivity index is 1.70. The van der Waals surface area contributed by atoms with E-state index in [0.29, 0.717) is 12.4 Å². The lowest BCUT2D eigenvalue weighted by atomic mass is 10.4. The summed E-state index contributed by atoms with van der Waals surface area (Å²) in [7, 11) is 0. The molecule has 0 unspecified atom stereocenters. The van der Waals surface area contributed by atoms with Gasteiger partial charge >= 0.3 is 0 Å². The quantitative estimate of drug-likeness (QED) is 0.861. The molecule has 0 aromatic carbocycles. The zero-order chi connectivity index (χ0) is 13.1. The molecular formula is C13H15N5O. The van der Waals surface area contributed by atoms with E-state index in [1.807, 2.05) is 0 Å². The lowest BCUT2D eigenvalue weighted by Gasteiger charge is -2.06. The van der Waals surface area contributed by atoms with Crippen molar-refractivity contribution in [1.29, 1.82) is 0 Å². The van der Waals surface area contributed by atoms with E-state index in [1.165, 1.54) is 17.5 Å². The first kappa shape index (κ1) is 11.8. The Morgan fingerprint density at radius 3 is 2.79 bits per heavy atom. The van der Waals surface area contributed by atoms with Crippen LogP contribution in [0.1, 0.15) is 18.7 Å². The second kappa shape index (κ2) is 5.17. The summed E-state index contributed by atoms with van der Waals surface area (Å²) in [5.41, 5.74) is 0.635. The van der Waals surface area contributed by atoms with E-state index in [-0.39, 0.29) is 5.56 Å². The van der Waals surface area contributed by atoms with Crippen LogP contribution in [0, 0.1) is 5.92 Å². The van der Waals surface area contributed by atoms with Gasteiger partial charge in [0.05, 0.1) is 11.9 Å². The molecule has 1 saturated carbocycles. The molecule has 98 valence electrons. The summed E-state index contributed by atoms with van der Waals surface area (Å²) in [4.78, 5) is 20.1. The Bertz CT molecular complexity index is 606. The first-order valence-corrected chi connectivity index (χ1v) is 6.38. The van der Waals surface area contributed by atoms with Gasteiger partial charge in [-0.3, -0.25) is 4.79 Å². The minimum atomic E-state index is -0.145. The van der Waals surface area contributed by atoms with Gasteiger partial charge in [-0.15, -0.1) is 0 Å². The van der Waals surface area contributed by atoms with Crippen LogP contribution in [0.5, 0.6) is 0 Å². The van der Waals surface area contributed by atoms with Crippen LogP contribution in [0.3, 0.4) is 0 Å². The summed E-state index contributed by atoms with van der Waals surface area (Å²) in [5.74, 6) is 1.34. The van der Waals surface area contributed by atoms with E-state index in [1.54, 1.807) is 30.7 Å². The van der Waals surface area contributed by atoms with Gasteiger partial charge in [0.2, 0.25) is 0 Å². The second-order valence-corrected chi connectivity index (χ2v) is 4.73. The fraction of sp³-hybridized carbons (Fsp3) is 0.385. The molecule has 3 rings (SSSR count). The van der Waals surface area contributed by atoms with Gasteiger partial charge in [-0.2, -0.15) is 5.10 Å². The molecule has 2 aromatic rings. The van der Waals surface area contributed by atoms with Crippen LogP contribution >= 0.6 is 0 Å². The minimum absolute atomic E-state index is 0.145. The zero-order valence-corrected chi connectivity index (χ0v) is 10.5. The zero-order valence-electron chi connectivity index (χ0n) is 10.5. The largest absolute Gasteiger partial charge is 0.383 e. The smallest absolute Gasteiger partial charge is 0.269 e. The molecular weight excluding hydrogens is 242 g/mol. The number of nitrogens with zero attached hydrogens (tertiary/aromatic N) is 4. The van der Waals surface area contributed by atoms with Crippen molar-refractivity contribution in [2.75, 3.05) is 11.9 Å². The van der Waals surface area contributed by atoms with Crippen molar-refractivity contribution in [3.05, 3.63) is 46.9 Å². The summed E-state index contributed by atoms with van der Waals surface area (Å²) in [5, 5.41) is 7.36. The molecule has 0 bridgehead atoms. The third kappa shape index (κ3) is 3.15. The number of hydrogen-bond donors (Lipinski definition) is 1. The maximum Gasteiger partial charge on any atom is 0.269 e. The Hall–Kier alpha value is -2.24. The summed E-state index contributed by atoms with van der Waals surface area (Å²) in [6, 6.07) is 3.31. The van der Waals surface area contributed by atoms with Gasteiger partial charge in [0.25, 0.3) is 5.56 Å². The Morgan fingerprint density at radius 1 is 1.32 bits per heavy atom. The predicted molar refractivity (Wildman–Crippen MR) is 70.8 cm³/mol. The number of anilines is 1. The molecule has 2 heterocycles. The lowest BCUT2D eigenvalue weighted by molar-refractivity contribution is 0.614. The lowest BCUT2D eigenvalue weighted by Crippen LogP contribution is -2.24. The van der Waals surface area contributed by atoms with E-state index in [4.69, 9.17) is 0 Å². The SMILES string of the molecule is O=c1cc(NCC2CC2)cnn1Cc1ncccn1. The maximum absolute atomic E-state index is 11.9. The third-order valence-electron chi connectivity index (χ3n) is 3.07. The fourth-order valence-corrected chi connectivity index (χ4v) is 1.78. The molecule has 0 amide bonds. The van der Waals surface area contributed by atoms with Gasteiger partial charge < -0.3 is 5.32 Å². The van der Waals surface area contributed by atoms with Crippen LogP contribution < -0.4 is 10.9 Å². The highest BCUT2D eigenvalue weighted by atomic mass is 16.1. The highest BCUT2D eigenvalue weighted by Crippen LogP contribution is 2.28. The third-order valence-corrected chi connectivity index (χ3v) is 3.07. The van der Waals surface area contributed by atoms with E-state index in [0.717, 1.165) is 18.2 Å². The van der Waals surface area contributed by atoms with Crippen LogP contribution in [0.4, 0.5) is 5.69 Å². The fourth-order valence-electron chi connectivity index (χ4n) is 1.78. The van der Waals surface area contributed by atoms with Gasteiger partial charge in [-0.1, -0.05) is 0 Å². The average molecular weight is 257 g/mol.